The van der Waals surface area contributed by atoms with Gasteiger partial charge in [0.05, 0.1) is 11.5 Å². The summed E-state index contributed by atoms with van der Waals surface area (Å²) in [5.74, 6) is 2.84. The Hall–Kier alpha value is -1.70. The van der Waals surface area contributed by atoms with Gasteiger partial charge in [0.2, 0.25) is 0 Å². The zero-order chi connectivity index (χ0) is 10.6. The van der Waals surface area contributed by atoms with Gasteiger partial charge in [-0.05, 0) is 38.1 Å². The molecule has 0 fully saturated rings. The van der Waals surface area contributed by atoms with Crippen molar-refractivity contribution < 1.29 is 9.47 Å². The SMILES string of the molecule is C=C(C)Oc1ccc(OC(=C)C)cc1. The predicted octanol–water partition coefficient (Wildman–Crippen LogP) is 3.51. The normalized spacial score (nSPS) is 9.29. The molecule has 0 atom stereocenters. The van der Waals surface area contributed by atoms with E-state index in [1.807, 2.05) is 24.3 Å². The Morgan fingerprint density at radius 1 is 0.857 bits per heavy atom. The van der Waals surface area contributed by atoms with Crippen molar-refractivity contribution in [3.63, 3.8) is 0 Å². The molecular weight excluding hydrogens is 176 g/mol. The predicted molar refractivity (Wildman–Crippen MR) is 57.3 cm³/mol. The first-order chi connectivity index (χ1) is 6.58. The topological polar surface area (TPSA) is 18.5 Å². The third kappa shape index (κ3) is 3.35. The third-order valence-electron chi connectivity index (χ3n) is 1.41. The summed E-state index contributed by atoms with van der Waals surface area (Å²) in [5, 5.41) is 0. The van der Waals surface area contributed by atoms with Crippen LogP contribution in [-0.2, 0) is 0 Å². The molecule has 0 N–H and O–H groups in total. The second-order valence-corrected chi connectivity index (χ2v) is 3.08. The van der Waals surface area contributed by atoms with Crippen LogP contribution in [0.3, 0.4) is 0 Å². The first kappa shape index (κ1) is 10.4. The summed E-state index contributed by atoms with van der Waals surface area (Å²) in [7, 11) is 0. The van der Waals surface area contributed by atoms with E-state index < -0.39 is 0 Å². The molecule has 0 heterocycles. The Morgan fingerprint density at radius 2 is 1.14 bits per heavy atom. The second kappa shape index (κ2) is 4.51. The maximum atomic E-state index is 5.30. The molecule has 0 unspecified atom stereocenters. The van der Waals surface area contributed by atoms with Crippen LogP contribution in [0, 0.1) is 0 Å². The first-order valence-corrected chi connectivity index (χ1v) is 4.34. The lowest BCUT2D eigenvalue weighted by molar-refractivity contribution is 0.418. The van der Waals surface area contributed by atoms with Crippen LogP contribution in [0.25, 0.3) is 0 Å². The highest BCUT2D eigenvalue weighted by Crippen LogP contribution is 2.20. The van der Waals surface area contributed by atoms with Gasteiger partial charge in [-0.15, -0.1) is 0 Å². The highest BCUT2D eigenvalue weighted by Gasteiger charge is 1.96. The van der Waals surface area contributed by atoms with Gasteiger partial charge in [-0.25, -0.2) is 0 Å². The van der Waals surface area contributed by atoms with Crippen molar-refractivity contribution in [3.05, 3.63) is 48.9 Å². The molecule has 2 heteroatoms. The van der Waals surface area contributed by atoms with Gasteiger partial charge < -0.3 is 9.47 Å². The van der Waals surface area contributed by atoms with Crippen LogP contribution in [0.1, 0.15) is 13.8 Å². The van der Waals surface area contributed by atoms with E-state index in [0.717, 1.165) is 11.5 Å². The van der Waals surface area contributed by atoms with Crippen LogP contribution in [0.5, 0.6) is 11.5 Å². The van der Waals surface area contributed by atoms with E-state index >= 15 is 0 Å². The average molecular weight is 190 g/mol. The van der Waals surface area contributed by atoms with Crippen molar-refractivity contribution in [1.29, 1.82) is 0 Å². The third-order valence-corrected chi connectivity index (χ3v) is 1.41. The molecule has 0 spiro atoms. The summed E-state index contributed by atoms with van der Waals surface area (Å²) < 4.78 is 10.6. The molecule has 14 heavy (non-hydrogen) atoms. The van der Waals surface area contributed by atoms with Gasteiger partial charge in [-0.2, -0.15) is 0 Å². The Balaban J connectivity index is 2.68. The molecule has 74 valence electrons. The molecule has 2 nitrogen and oxygen atoms in total. The van der Waals surface area contributed by atoms with Crippen LogP contribution in [0.15, 0.2) is 48.9 Å². The lowest BCUT2D eigenvalue weighted by Crippen LogP contribution is -1.90. The fraction of sp³-hybridized carbons (Fsp3) is 0.167. The molecule has 0 aromatic heterocycles. The second-order valence-electron chi connectivity index (χ2n) is 3.08. The zero-order valence-corrected chi connectivity index (χ0v) is 8.54. The Labute approximate surface area is 84.5 Å². The van der Waals surface area contributed by atoms with Gasteiger partial charge in [-0.1, -0.05) is 13.2 Å². The summed E-state index contributed by atoms with van der Waals surface area (Å²) in [4.78, 5) is 0. The monoisotopic (exact) mass is 190 g/mol. The summed E-state index contributed by atoms with van der Waals surface area (Å²) in [5.41, 5.74) is 0. The molecule has 0 bridgehead atoms. The van der Waals surface area contributed by atoms with Gasteiger partial charge in [0.15, 0.2) is 0 Å². The minimum Gasteiger partial charge on any atom is -0.463 e. The highest BCUT2D eigenvalue weighted by molar-refractivity contribution is 5.32. The van der Waals surface area contributed by atoms with E-state index in [9.17, 15) is 0 Å². The number of allylic oxidation sites excluding steroid dienone is 2. The number of hydrogen-bond acceptors (Lipinski definition) is 2. The lowest BCUT2D eigenvalue weighted by Gasteiger charge is -2.06. The molecule has 0 aliphatic carbocycles. The maximum absolute atomic E-state index is 5.30. The van der Waals surface area contributed by atoms with Crippen molar-refractivity contribution >= 4 is 0 Å². The van der Waals surface area contributed by atoms with Crippen molar-refractivity contribution in [1.82, 2.24) is 0 Å². The van der Waals surface area contributed by atoms with Crippen LogP contribution < -0.4 is 9.47 Å². The van der Waals surface area contributed by atoms with Gasteiger partial charge in [0.1, 0.15) is 11.5 Å². The molecule has 0 amide bonds. The lowest BCUT2D eigenvalue weighted by atomic mass is 10.3. The van der Waals surface area contributed by atoms with Crippen LogP contribution in [0.4, 0.5) is 0 Å². The Morgan fingerprint density at radius 3 is 1.36 bits per heavy atom. The number of benzene rings is 1. The van der Waals surface area contributed by atoms with E-state index in [4.69, 9.17) is 9.47 Å². The zero-order valence-electron chi connectivity index (χ0n) is 8.54. The van der Waals surface area contributed by atoms with Crippen LogP contribution in [0.2, 0.25) is 0 Å². The van der Waals surface area contributed by atoms with Crippen molar-refractivity contribution in [2.75, 3.05) is 0 Å². The van der Waals surface area contributed by atoms with Crippen LogP contribution in [-0.4, -0.2) is 0 Å². The number of ether oxygens (including phenoxy) is 2. The minimum atomic E-state index is 0.665. The smallest absolute Gasteiger partial charge is 0.127 e. The van der Waals surface area contributed by atoms with E-state index in [2.05, 4.69) is 13.2 Å². The molecular formula is C12H14O2. The van der Waals surface area contributed by atoms with Gasteiger partial charge in [0.25, 0.3) is 0 Å². The largest absolute Gasteiger partial charge is 0.463 e. The minimum absolute atomic E-state index is 0.665. The van der Waals surface area contributed by atoms with Gasteiger partial charge in [0, 0.05) is 0 Å². The van der Waals surface area contributed by atoms with Gasteiger partial charge in [-0.3, -0.25) is 0 Å². The highest BCUT2D eigenvalue weighted by atomic mass is 16.5. The molecule has 0 saturated carbocycles. The van der Waals surface area contributed by atoms with Gasteiger partial charge >= 0.3 is 0 Å². The summed E-state index contributed by atoms with van der Waals surface area (Å²) in [6.45, 7) is 10.9. The van der Waals surface area contributed by atoms with E-state index in [-0.39, 0.29) is 0 Å². The fourth-order valence-electron chi connectivity index (χ4n) is 0.978. The van der Waals surface area contributed by atoms with Crippen molar-refractivity contribution in [2.24, 2.45) is 0 Å². The molecule has 1 rings (SSSR count). The molecule has 0 aliphatic rings. The number of rotatable bonds is 4. The van der Waals surface area contributed by atoms with Crippen LogP contribution >= 0.6 is 0 Å². The number of hydrogen-bond donors (Lipinski definition) is 0. The van der Waals surface area contributed by atoms with E-state index in [0.29, 0.717) is 11.5 Å². The molecule has 1 aromatic rings. The van der Waals surface area contributed by atoms with Crippen molar-refractivity contribution in [2.45, 2.75) is 13.8 Å². The quantitative estimate of drug-likeness (QED) is 0.676. The molecule has 1 aromatic carbocycles. The summed E-state index contributed by atoms with van der Waals surface area (Å²) in [6, 6.07) is 7.31. The average Bonchev–Trinajstić information content (AvgIpc) is 2.06. The van der Waals surface area contributed by atoms with Crippen molar-refractivity contribution in [3.8, 4) is 11.5 Å². The molecule has 0 saturated heterocycles. The fourth-order valence-corrected chi connectivity index (χ4v) is 0.978. The standard InChI is InChI=1S/C12H14O2/c1-9(2)13-11-5-7-12(8-6-11)14-10(3)4/h5-8H,1,3H2,2,4H3. The first-order valence-electron chi connectivity index (χ1n) is 4.34. The maximum Gasteiger partial charge on any atom is 0.127 e. The van der Waals surface area contributed by atoms with E-state index in [1.165, 1.54) is 0 Å². The Bertz CT molecular complexity index is 301. The summed E-state index contributed by atoms with van der Waals surface area (Å²) in [6.07, 6.45) is 0. The summed E-state index contributed by atoms with van der Waals surface area (Å²) >= 11 is 0. The van der Waals surface area contributed by atoms with E-state index in [1.54, 1.807) is 13.8 Å². The molecule has 0 radical (unpaired) electrons. The Kier molecular flexibility index (Phi) is 3.35. The molecule has 0 aliphatic heterocycles.